The highest BCUT2D eigenvalue weighted by molar-refractivity contribution is 5.91. The molecule has 0 aliphatic rings. The van der Waals surface area contributed by atoms with E-state index in [0.29, 0.717) is 23.7 Å². The summed E-state index contributed by atoms with van der Waals surface area (Å²) in [6, 6.07) is 10.5. The predicted molar refractivity (Wildman–Crippen MR) is 81.1 cm³/mol. The lowest BCUT2D eigenvalue weighted by Crippen LogP contribution is -2.16. The van der Waals surface area contributed by atoms with E-state index in [1.54, 1.807) is 31.4 Å². The second-order valence-corrected chi connectivity index (χ2v) is 4.59. The third kappa shape index (κ3) is 4.44. The lowest BCUT2D eigenvalue weighted by Gasteiger charge is -2.08. The summed E-state index contributed by atoms with van der Waals surface area (Å²) in [5.74, 6) is -1.37. The van der Waals surface area contributed by atoms with Crippen molar-refractivity contribution in [2.75, 3.05) is 24.3 Å². The molecule has 2 aromatic rings. The maximum absolute atomic E-state index is 13.0. The van der Waals surface area contributed by atoms with Crippen LogP contribution in [0.25, 0.3) is 0 Å². The molecule has 6 heteroatoms. The van der Waals surface area contributed by atoms with Gasteiger partial charge in [-0.1, -0.05) is 6.07 Å². The fourth-order valence-corrected chi connectivity index (χ4v) is 1.85. The first-order valence-corrected chi connectivity index (χ1v) is 6.71. The summed E-state index contributed by atoms with van der Waals surface area (Å²) < 4.78 is 30.9. The Labute approximate surface area is 127 Å². The van der Waals surface area contributed by atoms with Gasteiger partial charge in [0.05, 0.1) is 7.11 Å². The van der Waals surface area contributed by atoms with E-state index in [9.17, 15) is 13.6 Å². The molecule has 0 spiro atoms. The van der Waals surface area contributed by atoms with Crippen LogP contribution in [0.3, 0.4) is 0 Å². The van der Waals surface area contributed by atoms with E-state index in [2.05, 4.69) is 10.6 Å². The van der Waals surface area contributed by atoms with Gasteiger partial charge in [-0.05, 0) is 30.3 Å². The van der Waals surface area contributed by atoms with Gasteiger partial charge in [-0.2, -0.15) is 0 Å². The van der Waals surface area contributed by atoms with Crippen molar-refractivity contribution in [1.29, 1.82) is 0 Å². The molecular weight excluding hydrogens is 290 g/mol. The molecule has 0 saturated carbocycles. The zero-order chi connectivity index (χ0) is 15.9. The normalized spacial score (nSPS) is 10.1. The molecule has 2 N–H and O–H groups in total. The van der Waals surface area contributed by atoms with E-state index < -0.39 is 11.6 Å². The average molecular weight is 306 g/mol. The monoisotopic (exact) mass is 306 g/mol. The molecule has 2 rings (SSSR count). The Morgan fingerprint density at radius 1 is 1.09 bits per heavy atom. The fraction of sp³-hybridized carbons (Fsp3) is 0.188. The molecule has 116 valence electrons. The maximum atomic E-state index is 13.0. The van der Waals surface area contributed by atoms with Crippen LogP contribution in [0.1, 0.15) is 6.42 Å². The predicted octanol–water partition coefficient (Wildman–Crippen LogP) is 3.41. The number of hydrogen-bond acceptors (Lipinski definition) is 3. The summed E-state index contributed by atoms with van der Waals surface area (Å²) in [5.41, 5.74) is 1.06. The molecule has 2 aromatic carbocycles. The summed E-state index contributed by atoms with van der Waals surface area (Å²) in [6.45, 7) is 0.306. The van der Waals surface area contributed by atoms with Crippen molar-refractivity contribution >= 4 is 17.3 Å². The quantitative estimate of drug-likeness (QED) is 0.860. The first-order chi connectivity index (χ1) is 10.6. The number of anilines is 2. The second kappa shape index (κ2) is 7.40. The minimum Gasteiger partial charge on any atom is -0.497 e. The van der Waals surface area contributed by atoms with Crippen molar-refractivity contribution in [2.24, 2.45) is 0 Å². The number of rotatable bonds is 6. The Bertz CT molecular complexity index is 662. The minimum absolute atomic E-state index is 0.191. The van der Waals surface area contributed by atoms with E-state index in [0.717, 1.165) is 12.1 Å². The molecule has 4 nitrogen and oxygen atoms in total. The maximum Gasteiger partial charge on any atom is 0.226 e. The topological polar surface area (TPSA) is 50.4 Å². The smallest absolute Gasteiger partial charge is 0.226 e. The number of ether oxygens (including phenoxy) is 1. The van der Waals surface area contributed by atoms with Crippen LogP contribution in [0, 0.1) is 11.6 Å². The number of halogens is 2. The standard InChI is InChI=1S/C16H16F2N2O2/c1-22-13-4-2-3-12(9-13)20-16(21)7-8-19-11-5-6-14(17)15(18)10-11/h2-6,9-10,19H,7-8H2,1H3,(H,20,21). The number of nitrogens with one attached hydrogen (secondary N) is 2. The molecule has 0 radical (unpaired) electrons. The molecule has 0 atom stereocenters. The lowest BCUT2D eigenvalue weighted by atomic mass is 10.2. The molecule has 0 unspecified atom stereocenters. The van der Waals surface area contributed by atoms with Gasteiger partial charge in [0.15, 0.2) is 11.6 Å². The van der Waals surface area contributed by atoms with Gasteiger partial charge in [0.1, 0.15) is 5.75 Å². The van der Waals surface area contributed by atoms with Gasteiger partial charge in [-0.3, -0.25) is 4.79 Å². The summed E-state index contributed by atoms with van der Waals surface area (Å²) in [6.07, 6.45) is 0.191. The molecule has 0 fully saturated rings. The van der Waals surface area contributed by atoms with Crippen molar-refractivity contribution in [1.82, 2.24) is 0 Å². The van der Waals surface area contributed by atoms with Crippen molar-refractivity contribution < 1.29 is 18.3 Å². The summed E-state index contributed by atoms with van der Waals surface area (Å²) in [7, 11) is 1.55. The summed E-state index contributed by atoms with van der Waals surface area (Å²) in [4.78, 5) is 11.8. The number of carbonyl (C=O) groups is 1. The largest absolute Gasteiger partial charge is 0.497 e. The zero-order valence-electron chi connectivity index (χ0n) is 12.0. The van der Waals surface area contributed by atoms with Crippen molar-refractivity contribution in [3.63, 3.8) is 0 Å². The molecule has 0 heterocycles. The van der Waals surface area contributed by atoms with Gasteiger partial charge in [-0.25, -0.2) is 8.78 Å². The number of methoxy groups -OCH3 is 1. The van der Waals surface area contributed by atoms with Crippen LogP contribution in [0.15, 0.2) is 42.5 Å². The third-order valence-corrected chi connectivity index (χ3v) is 2.95. The summed E-state index contributed by atoms with van der Waals surface area (Å²) in [5, 5.41) is 5.59. The molecule has 0 saturated heterocycles. The molecule has 0 bridgehead atoms. The highest BCUT2D eigenvalue weighted by atomic mass is 19.2. The Balaban J connectivity index is 1.81. The van der Waals surface area contributed by atoms with Crippen LogP contribution in [0.4, 0.5) is 20.2 Å². The Morgan fingerprint density at radius 3 is 2.64 bits per heavy atom. The highest BCUT2D eigenvalue weighted by Crippen LogP contribution is 2.17. The number of benzene rings is 2. The Morgan fingerprint density at radius 2 is 1.91 bits per heavy atom. The molecule has 0 aromatic heterocycles. The van der Waals surface area contributed by atoms with Gasteiger partial charge in [0.2, 0.25) is 5.91 Å². The first-order valence-electron chi connectivity index (χ1n) is 6.71. The molecular formula is C16H16F2N2O2. The van der Waals surface area contributed by atoms with Gasteiger partial charge in [0, 0.05) is 30.4 Å². The summed E-state index contributed by atoms with van der Waals surface area (Å²) >= 11 is 0. The highest BCUT2D eigenvalue weighted by Gasteiger charge is 2.05. The number of carbonyl (C=O) groups excluding carboxylic acids is 1. The minimum atomic E-state index is -0.925. The van der Waals surface area contributed by atoms with Crippen LogP contribution in [0.5, 0.6) is 5.75 Å². The second-order valence-electron chi connectivity index (χ2n) is 4.59. The van der Waals surface area contributed by atoms with E-state index in [4.69, 9.17) is 4.74 Å². The third-order valence-electron chi connectivity index (χ3n) is 2.95. The fourth-order valence-electron chi connectivity index (χ4n) is 1.85. The van der Waals surface area contributed by atoms with Crippen LogP contribution in [0.2, 0.25) is 0 Å². The molecule has 22 heavy (non-hydrogen) atoms. The van der Waals surface area contributed by atoms with E-state index >= 15 is 0 Å². The zero-order valence-corrected chi connectivity index (χ0v) is 12.0. The SMILES string of the molecule is COc1cccc(NC(=O)CCNc2ccc(F)c(F)c2)c1. The Hall–Kier alpha value is -2.63. The van der Waals surface area contributed by atoms with E-state index in [1.807, 2.05) is 0 Å². The van der Waals surface area contributed by atoms with Crippen LogP contribution in [-0.4, -0.2) is 19.6 Å². The van der Waals surface area contributed by atoms with Crippen LogP contribution in [-0.2, 0) is 4.79 Å². The van der Waals surface area contributed by atoms with Crippen LogP contribution < -0.4 is 15.4 Å². The average Bonchev–Trinajstić information content (AvgIpc) is 2.51. The van der Waals surface area contributed by atoms with Crippen molar-refractivity contribution in [2.45, 2.75) is 6.42 Å². The number of hydrogen-bond donors (Lipinski definition) is 2. The van der Waals surface area contributed by atoms with Crippen molar-refractivity contribution in [3.05, 3.63) is 54.1 Å². The van der Waals surface area contributed by atoms with Gasteiger partial charge < -0.3 is 15.4 Å². The van der Waals surface area contributed by atoms with Crippen molar-refractivity contribution in [3.8, 4) is 5.75 Å². The molecule has 0 aliphatic heterocycles. The van der Waals surface area contributed by atoms with E-state index in [-0.39, 0.29) is 12.3 Å². The molecule has 0 aliphatic carbocycles. The number of amides is 1. The van der Waals surface area contributed by atoms with Gasteiger partial charge in [-0.15, -0.1) is 0 Å². The lowest BCUT2D eigenvalue weighted by molar-refractivity contribution is -0.115. The van der Waals surface area contributed by atoms with Crippen LogP contribution >= 0.6 is 0 Å². The van der Waals surface area contributed by atoms with Gasteiger partial charge >= 0.3 is 0 Å². The Kier molecular flexibility index (Phi) is 5.30. The van der Waals surface area contributed by atoms with E-state index in [1.165, 1.54) is 6.07 Å². The van der Waals surface area contributed by atoms with Gasteiger partial charge in [0.25, 0.3) is 0 Å². The first kappa shape index (κ1) is 15.8. The molecule has 1 amide bonds.